The Morgan fingerprint density at radius 3 is 2.39 bits per heavy atom. The van der Waals surface area contributed by atoms with Crippen molar-refractivity contribution in [1.82, 2.24) is 4.90 Å². The van der Waals surface area contributed by atoms with Gasteiger partial charge in [0, 0.05) is 12.1 Å². The molecule has 1 aromatic rings. The van der Waals surface area contributed by atoms with E-state index in [0.29, 0.717) is 0 Å². The third kappa shape index (κ3) is 6.10. The van der Waals surface area contributed by atoms with Crippen LogP contribution < -0.4 is 0 Å². The lowest BCUT2D eigenvalue weighted by molar-refractivity contribution is -0.104. The summed E-state index contributed by atoms with van der Waals surface area (Å²) in [7, 11) is 0. The average molecular weight is 388 g/mol. The van der Waals surface area contributed by atoms with Gasteiger partial charge in [0.05, 0.1) is 12.2 Å². The molecule has 1 heterocycles. The Morgan fingerprint density at radius 1 is 1.18 bits per heavy atom. The van der Waals surface area contributed by atoms with Gasteiger partial charge in [-0.1, -0.05) is 50.3 Å². The van der Waals surface area contributed by atoms with Crippen molar-refractivity contribution in [3.05, 3.63) is 48.0 Å². The number of carbonyl (C=O) groups is 1. The molecule has 1 amide bonds. The minimum atomic E-state index is -0.361. The zero-order chi connectivity index (χ0) is 20.7. The summed E-state index contributed by atoms with van der Waals surface area (Å²) in [6, 6.07) is 10.7. The first kappa shape index (κ1) is 22.5. The highest BCUT2D eigenvalue weighted by atomic mass is 16.6. The van der Waals surface area contributed by atoms with Crippen molar-refractivity contribution in [2.24, 2.45) is 0 Å². The number of carbonyl (C=O) groups excluding carboxylic acids is 1. The van der Waals surface area contributed by atoms with Crippen LogP contribution in [0.1, 0.15) is 65.9 Å². The van der Waals surface area contributed by atoms with E-state index in [1.54, 1.807) is 4.90 Å². The predicted molar refractivity (Wildman–Crippen MR) is 114 cm³/mol. The Morgan fingerprint density at radius 2 is 1.82 bits per heavy atom. The minimum Gasteiger partial charge on any atom is -0.439 e. The van der Waals surface area contributed by atoms with Gasteiger partial charge in [0.1, 0.15) is 0 Å². The Hall–Kier alpha value is -1.81. The summed E-state index contributed by atoms with van der Waals surface area (Å²) < 4.78 is 12.3. The first-order valence-corrected chi connectivity index (χ1v) is 10.7. The molecule has 156 valence electrons. The van der Waals surface area contributed by atoms with Crippen molar-refractivity contribution in [1.29, 1.82) is 0 Å². The molecular formula is C24H37NO3. The predicted octanol–water partition coefficient (Wildman–Crippen LogP) is 5.76. The molecule has 0 aromatic heterocycles. The molecule has 0 spiro atoms. The highest BCUT2D eigenvalue weighted by molar-refractivity contribution is 5.69. The molecule has 0 aliphatic carbocycles. The van der Waals surface area contributed by atoms with Gasteiger partial charge in [-0.2, -0.15) is 0 Å². The molecule has 0 radical (unpaired) electrons. The normalized spacial score (nSPS) is 22.5. The third-order valence-electron chi connectivity index (χ3n) is 5.32. The van der Waals surface area contributed by atoms with Gasteiger partial charge < -0.3 is 14.4 Å². The zero-order valence-electron chi connectivity index (χ0n) is 18.2. The van der Waals surface area contributed by atoms with Crippen LogP contribution in [0.3, 0.4) is 0 Å². The second kappa shape index (κ2) is 10.7. The summed E-state index contributed by atoms with van der Waals surface area (Å²) in [4.78, 5) is 14.6. The highest BCUT2D eigenvalue weighted by Gasteiger charge is 2.37. The maximum atomic E-state index is 12.8. The van der Waals surface area contributed by atoms with E-state index in [-0.39, 0.29) is 36.5 Å². The summed E-state index contributed by atoms with van der Waals surface area (Å²) in [5, 5.41) is 0. The van der Waals surface area contributed by atoms with E-state index >= 15 is 0 Å². The molecular weight excluding hydrogens is 350 g/mol. The van der Waals surface area contributed by atoms with Crippen molar-refractivity contribution in [2.45, 2.75) is 97.1 Å². The SMILES string of the molecule is C=C1C[C@H](CCc2ccccc2)O[C@H](CCC)[C@@H]1OC(=O)N(C(C)C)C(C)C. The van der Waals surface area contributed by atoms with E-state index in [2.05, 4.69) is 37.8 Å². The fourth-order valence-corrected chi connectivity index (χ4v) is 4.03. The zero-order valence-corrected chi connectivity index (χ0v) is 18.2. The lowest BCUT2D eigenvalue weighted by atomic mass is 9.91. The molecule has 28 heavy (non-hydrogen) atoms. The van der Waals surface area contributed by atoms with Gasteiger partial charge in [0.15, 0.2) is 6.10 Å². The number of ether oxygens (including phenoxy) is 2. The maximum absolute atomic E-state index is 12.8. The molecule has 0 bridgehead atoms. The van der Waals surface area contributed by atoms with Crippen LogP contribution in [0.5, 0.6) is 0 Å². The van der Waals surface area contributed by atoms with Crippen LogP contribution in [0.15, 0.2) is 42.5 Å². The Bertz CT molecular complexity index is 618. The molecule has 4 nitrogen and oxygen atoms in total. The average Bonchev–Trinajstić information content (AvgIpc) is 2.63. The van der Waals surface area contributed by atoms with E-state index in [1.807, 2.05) is 33.8 Å². The quantitative estimate of drug-likeness (QED) is 0.533. The summed E-state index contributed by atoms with van der Waals surface area (Å²) in [6.07, 6.45) is 3.91. The lowest BCUT2D eigenvalue weighted by Crippen LogP contribution is -2.48. The van der Waals surface area contributed by atoms with Gasteiger partial charge in [-0.15, -0.1) is 0 Å². The first-order chi connectivity index (χ1) is 13.3. The first-order valence-electron chi connectivity index (χ1n) is 10.7. The second-order valence-corrected chi connectivity index (χ2v) is 8.37. The van der Waals surface area contributed by atoms with E-state index in [4.69, 9.17) is 9.47 Å². The van der Waals surface area contributed by atoms with Gasteiger partial charge in [0.25, 0.3) is 0 Å². The van der Waals surface area contributed by atoms with Crippen LogP contribution in [0, 0.1) is 0 Å². The molecule has 1 saturated heterocycles. The van der Waals surface area contributed by atoms with Crippen LogP contribution >= 0.6 is 0 Å². The van der Waals surface area contributed by atoms with Crippen LogP contribution in [0.4, 0.5) is 4.79 Å². The molecule has 1 fully saturated rings. The Balaban J connectivity index is 2.01. The summed E-state index contributed by atoms with van der Waals surface area (Å²) in [5.74, 6) is 0. The monoisotopic (exact) mass is 387 g/mol. The molecule has 0 N–H and O–H groups in total. The smallest absolute Gasteiger partial charge is 0.410 e. The van der Waals surface area contributed by atoms with Crippen molar-refractivity contribution in [3.8, 4) is 0 Å². The number of hydrogen-bond donors (Lipinski definition) is 0. The van der Waals surface area contributed by atoms with Gasteiger partial charge in [-0.25, -0.2) is 4.79 Å². The third-order valence-corrected chi connectivity index (χ3v) is 5.32. The molecule has 1 aliphatic rings. The largest absolute Gasteiger partial charge is 0.439 e. The van der Waals surface area contributed by atoms with Crippen molar-refractivity contribution < 1.29 is 14.3 Å². The van der Waals surface area contributed by atoms with Gasteiger partial charge in [0.2, 0.25) is 0 Å². The van der Waals surface area contributed by atoms with E-state index in [1.165, 1.54) is 5.56 Å². The molecule has 1 aromatic carbocycles. The van der Waals surface area contributed by atoms with E-state index in [0.717, 1.165) is 37.7 Å². The fourth-order valence-electron chi connectivity index (χ4n) is 4.03. The lowest BCUT2D eigenvalue weighted by Gasteiger charge is -2.39. The Kier molecular flexibility index (Phi) is 8.56. The van der Waals surface area contributed by atoms with Crippen molar-refractivity contribution in [2.75, 3.05) is 0 Å². The van der Waals surface area contributed by atoms with Crippen LogP contribution in [0.2, 0.25) is 0 Å². The second-order valence-electron chi connectivity index (χ2n) is 8.37. The van der Waals surface area contributed by atoms with Gasteiger partial charge in [-0.3, -0.25) is 0 Å². The topological polar surface area (TPSA) is 38.8 Å². The minimum absolute atomic E-state index is 0.0912. The number of amides is 1. The molecule has 3 atom stereocenters. The molecule has 2 rings (SSSR count). The van der Waals surface area contributed by atoms with E-state index < -0.39 is 0 Å². The van der Waals surface area contributed by atoms with E-state index in [9.17, 15) is 4.79 Å². The van der Waals surface area contributed by atoms with Crippen molar-refractivity contribution >= 4 is 6.09 Å². The van der Waals surface area contributed by atoms with Crippen LogP contribution in [-0.4, -0.2) is 41.4 Å². The Labute approximate surface area is 170 Å². The molecule has 1 aliphatic heterocycles. The number of hydrogen-bond acceptors (Lipinski definition) is 3. The number of rotatable bonds is 8. The van der Waals surface area contributed by atoms with Crippen molar-refractivity contribution in [3.63, 3.8) is 0 Å². The number of nitrogens with zero attached hydrogens (tertiary/aromatic N) is 1. The van der Waals surface area contributed by atoms with Crippen LogP contribution in [-0.2, 0) is 15.9 Å². The molecule has 4 heteroatoms. The number of benzene rings is 1. The maximum Gasteiger partial charge on any atom is 0.410 e. The fraction of sp³-hybridized carbons (Fsp3) is 0.625. The standard InChI is InChI=1S/C24H37NO3/c1-7-11-22-23(28-24(26)25(17(2)3)18(4)5)19(6)16-21(27-22)15-14-20-12-9-8-10-13-20/h8-10,12-13,17-18,21-23H,6-7,11,14-16H2,1-5H3/t21-,22+,23+/m0/s1. The van der Waals surface area contributed by atoms with Gasteiger partial charge in [-0.05, 0) is 64.5 Å². The van der Waals surface area contributed by atoms with Gasteiger partial charge >= 0.3 is 6.09 Å². The summed E-state index contributed by atoms with van der Waals surface area (Å²) in [6.45, 7) is 14.4. The number of aryl methyl sites for hydroxylation is 1. The van der Waals surface area contributed by atoms with Crippen LogP contribution in [0.25, 0.3) is 0 Å². The summed E-state index contributed by atoms with van der Waals surface area (Å²) in [5.41, 5.74) is 2.30. The molecule has 0 unspecified atom stereocenters. The summed E-state index contributed by atoms with van der Waals surface area (Å²) >= 11 is 0. The molecule has 0 saturated carbocycles. The highest BCUT2D eigenvalue weighted by Crippen LogP contribution is 2.31.